The zero-order chi connectivity index (χ0) is 24.0. The predicted octanol–water partition coefficient (Wildman–Crippen LogP) is 3.68. The summed E-state index contributed by atoms with van der Waals surface area (Å²) in [5.74, 6) is -1.85. The number of aromatic nitrogens is 5. The van der Waals surface area contributed by atoms with Crippen molar-refractivity contribution in [1.29, 1.82) is 0 Å². The van der Waals surface area contributed by atoms with Crippen LogP contribution in [0.2, 0.25) is 0 Å². The van der Waals surface area contributed by atoms with E-state index in [1.807, 2.05) is 11.6 Å². The summed E-state index contributed by atoms with van der Waals surface area (Å²) in [6.45, 7) is 4.39. The molecule has 0 bridgehead atoms. The molecule has 0 saturated carbocycles. The first-order valence-corrected chi connectivity index (χ1v) is 10.5. The Hall–Kier alpha value is -3.86. The summed E-state index contributed by atoms with van der Waals surface area (Å²) in [5, 5.41) is 8.41. The fourth-order valence-corrected chi connectivity index (χ4v) is 3.80. The van der Waals surface area contributed by atoms with Crippen LogP contribution in [0.3, 0.4) is 0 Å². The third kappa shape index (κ3) is 3.77. The van der Waals surface area contributed by atoms with Crippen molar-refractivity contribution in [3.05, 3.63) is 87.6 Å². The van der Waals surface area contributed by atoms with E-state index >= 15 is 0 Å². The lowest BCUT2D eigenvalue weighted by molar-refractivity contribution is -0.0296. The van der Waals surface area contributed by atoms with Gasteiger partial charge in [-0.25, -0.2) is 18.0 Å². The first kappa shape index (κ1) is 22.0. The van der Waals surface area contributed by atoms with Gasteiger partial charge < -0.3 is 9.47 Å². The third-order valence-corrected chi connectivity index (χ3v) is 5.72. The van der Waals surface area contributed by atoms with Crippen molar-refractivity contribution in [2.45, 2.75) is 26.4 Å². The van der Waals surface area contributed by atoms with E-state index < -0.39 is 23.1 Å². The second-order valence-electron chi connectivity index (χ2n) is 8.01. The molecule has 0 aliphatic carbocycles. The van der Waals surface area contributed by atoms with Gasteiger partial charge in [-0.1, -0.05) is 6.07 Å². The number of hydrogen-bond acceptors (Lipinski definition) is 5. The minimum absolute atomic E-state index is 0.0414. The fourth-order valence-electron chi connectivity index (χ4n) is 3.80. The molecule has 4 aromatic rings. The summed E-state index contributed by atoms with van der Waals surface area (Å²) in [6, 6.07) is 7.53. The first-order valence-electron chi connectivity index (χ1n) is 10.5. The van der Waals surface area contributed by atoms with E-state index in [4.69, 9.17) is 9.47 Å². The van der Waals surface area contributed by atoms with Crippen molar-refractivity contribution in [3.63, 3.8) is 0 Å². The maximum absolute atomic E-state index is 14.9. The standard InChI is InChI=1S/C23H20F3N5O3/c1-13-22(14(2)30(28-13)16-10-33-11-16)34-21-7-6-15(8-20(21)26)31-23(32)29(12-27-31)9-17-18(24)4-3-5-19(17)25/h3-8,12,16H,9-11H2,1-2H3. The summed E-state index contributed by atoms with van der Waals surface area (Å²) >= 11 is 0. The molecule has 5 rings (SSSR count). The van der Waals surface area contributed by atoms with Crippen molar-refractivity contribution in [2.24, 2.45) is 0 Å². The highest BCUT2D eigenvalue weighted by molar-refractivity contribution is 5.42. The normalized spacial score (nSPS) is 13.8. The van der Waals surface area contributed by atoms with E-state index in [9.17, 15) is 18.0 Å². The largest absolute Gasteiger partial charge is 0.450 e. The van der Waals surface area contributed by atoms with E-state index in [0.717, 1.165) is 39.5 Å². The molecule has 1 saturated heterocycles. The van der Waals surface area contributed by atoms with Gasteiger partial charge in [0, 0.05) is 11.6 Å². The zero-order valence-electron chi connectivity index (χ0n) is 18.3. The van der Waals surface area contributed by atoms with Crippen LogP contribution in [-0.2, 0) is 11.3 Å². The van der Waals surface area contributed by atoms with Gasteiger partial charge >= 0.3 is 5.69 Å². The van der Waals surface area contributed by atoms with Crippen molar-refractivity contribution in [3.8, 4) is 17.2 Å². The number of nitrogens with zero attached hydrogens (tertiary/aromatic N) is 5. The third-order valence-electron chi connectivity index (χ3n) is 5.72. The van der Waals surface area contributed by atoms with Crippen LogP contribution in [-0.4, -0.2) is 37.3 Å². The fraction of sp³-hybridized carbons (Fsp3) is 0.261. The number of benzene rings is 2. The van der Waals surface area contributed by atoms with Gasteiger partial charge in [-0.3, -0.25) is 9.25 Å². The van der Waals surface area contributed by atoms with Gasteiger partial charge in [0.1, 0.15) is 23.7 Å². The lowest BCUT2D eigenvalue weighted by atomic mass is 10.2. The number of hydrogen-bond donors (Lipinski definition) is 0. The molecule has 1 aliphatic heterocycles. The SMILES string of the molecule is Cc1nn(C2COC2)c(C)c1Oc1ccc(-n2ncn(Cc3c(F)cccc3F)c2=O)cc1F. The molecule has 0 amide bonds. The summed E-state index contributed by atoms with van der Waals surface area (Å²) in [7, 11) is 0. The van der Waals surface area contributed by atoms with Crippen molar-refractivity contribution < 1.29 is 22.6 Å². The molecule has 1 fully saturated rings. The van der Waals surface area contributed by atoms with Crippen molar-refractivity contribution >= 4 is 0 Å². The van der Waals surface area contributed by atoms with E-state index in [-0.39, 0.29) is 29.6 Å². The van der Waals surface area contributed by atoms with Crippen LogP contribution in [0.4, 0.5) is 13.2 Å². The zero-order valence-corrected chi connectivity index (χ0v) is 18.3. The molecule has 8 nitrogen and oxygen atoms in total. The Kier molecular flexibility index (Phi) is 5.48. The predicted molar refractivity (Wildman–Crippen MR) is 115 cm³/mol. The van der Waals surface area contributed by atoms with E-state index in [2.05, 4.69) is 10.2 Å². The molecule has 0 atom stereocenters. The molecule has 0 radical (unpaired) electrons. The van der Waals surface area contributed by atoms with Crippen LogP contribution in [0.15, 0.2) is 47.5 Å². The number of halogens is 3. The first-order chi connectivity index (χ1) is 16.3. The van der Waals surface area contributed by atoms with Crippen LogP contribution < -0.4 is 10.4 Å². The second kappa shape index (κ2) is 8.49. The minimum Gasteiger partial charge on any atom is -0.450 e. The van der Waals surface area contributed by atoms with Crippen LogP contribution in [0.25, 0.3) is 5.69 Å². The van der Waals surface area contributed by atoms with Gasteiger partial charge in [-0.15, -0.1) is 0 Å². The van der Waals surface area contributed by atoms with E-state index in [1.165, 1.54) is 18.2 Å². The summed E-state index contributed by atoms with van der Waals surface area (Å²) in [5.41, 5.74) is 0.566. The van der Waals surface area contributed by atoms with Gasteiger partial charge in [0.25, 0.3) is 0 Å². The lowest BCUT2D eigenvalue weighted by Crippen LogP contribution is -2.32. The Bertz CT molecular complexity index is 1420. The maximum Gasteiger partial charge on any atom is 0.350 e. The molecule has 34 heavy (non-hydrogen) atoms. The molecule has 3 heterocycles. The molecule has 2 aromatic heterocycles. The molecule has 2 aromatic carbocycles. The highest BCUT2D eigenvalue weighted by Gasteiger charge is 2.26. The topological polar surface area (TPSA) is 76.1 Å². The quantitative estimate of drug-likeness (QED) is 0.429. The molecule has 0 N–H and O–H groups in total. The van der Waals surface area contributed by atoms with Gasteiger partial charge in [0.05, 0.1) is 37.2 Å². The Morgan fingerprint density at radius 2 is 1.82 bits per heavy atom. The van der Waals surface area contributed by atoms with Crippen molar-refractivity contribution in [1.82, 2.24) is 24.1 Å². The van der Waals surface area contributed by atoms with Gasteiger partial charge in [0.15, 0.2) is 17.3 Å². The molecular weight excluding hydrogens is 451 g/mol. The van der Waals surface area contributed by atoms with Crippen LogP contribution >= 0.6 is 0 Å². The van der Waals surface area contributed by atoms with Crippen LogP contribution in [0.1, 0.15) is 23.0 Å². The Labute approximate surface area is 191 Å². The highest BCUT2D eigenvalue weighted by atomic mass is 19.1. The molecule has 0 unspecified atom stereocenters. The summed E-state index contributed by atoms with van der Waals surface area (Å²) in [4.78, 5) is 12.7. The van der Waals surface area contributed by atoms with Gasteiger partial charge in [-0.2, -0.15) is 14.9 Å². The van der Waals surface area contributed by atoms with Gasteiger partial charge in [0.2, 0.25) is 0 Å². The smallest absolute Gasteiger partial charge is 0.350 e. The monoisotopic (exact) mass is 471 g/mol. The highest BCUT2D eigenvalue weighted by Crippen LogP contribution is 2.33. The van der Waals surface area contributed by atoms with Crippen LogP contribution in [0.5, 0.6) is 11.5 Å². The Balaban J connectivity index is 1.40. The van der Waals surface area contributed by atoms with E-state index in [0.29, 0.717) is 24.7 Å². The number of rotatable bonds is 6. The average Bonchev–Trinajstić information content (AvgIpc) is 3.25. The summed E-state index contributed by atoms with van der Waals surface area (Å²) < 4.78 is 57.6. The van der Waals surface area contributed by atoms with Crippen molar-refractivity contribution in [2.75, 3.05) is 13.2 Å². The molecule has 1 aliphatic rings. The maximum atomic E-state index is 14.9. The number of ether oxygens (including phenoxy) is 2. The Morgan fingerprint density at radius 1 is 1.09 bits per heavy atom. The second-order valence-corrected chi connectivity index (χ2v) is 8.01. The summed E-state index contributed by atoms with van der Waals surface area (Å²) in [6.07, 6.45) is 1.14. The average molecular weight is 471 g/mol. The molecular formula is C23H20F3N5O3. The minimum atomic E-state index is -0.772. The van der Waals surface area contributed by atoms with E-state index in [1.54, 1.807) is 6.92 Å². The lowest BCUT2D eigenvalue weighted by Gasteiger charge is -2.27. The van der Waals surface area contributed by atoms with Gasteiger partial charge in [-0.05, 0) is 38.1 Å². The molecule has 11 heteroatoms. The molecule has 0 spiro atoms. The number of aryl methyl sites for hydroxylation is 1. The van der Waals surface area contributed by atoms with Crippen LogP contribution in [0, 0.1) is 31.3 Å². The Morgan fingerprint density at radius 3 is 2.47 bits per heavy atom. The molecule has 176 valence electrons.